The normalized spacial score (nSPS) is 9.63. The number of rotatable bonds is 5. The smallest absolute Gasteiger partial charge is 0.328 e. The molecule has 1 aromatic rings. The van der Waals surface area contributed by atoms with Gasteiger partial charge in [-0.1, -0.05) is 5.92 Å². The molecule has 0 atom stereocenters. The standard InChI is InChI=1S/C11H11N3O5/c1-2-4-13(7-10(17)18)9(16)6-14-5-3-8(15)12-11(14)19/h1,3,5H,4,6-7H2,(H,17,18)(H,12,15,19). The van der Waals surface area contributed by atoms with Crippen LogP contribution in [0.15, 0.2) is 21.9 Å². The SMILES string of the molecule is C#CCN(CC(=O)O)C(=O)Cn1ccc(=O)[nH]c1=O. The van der Waals surface area contributed by atoms with Gasteiger partial charge < -0.3 is 10.0 Å². The lowest BCUT2D eigenvalue weighted by Crippen LogP contribution is -2.40. The molecule has 19 heavy (non-hydrogen) atoms. The van der Waals surface area contributed by atoms with Crippen molar-refractivity contribution in [2.75, 3.05) is 13.1 Å². The number of aromatic nitrogens is 2. The molecule has 100 valence electrons. The molecular weight excluding hydrogens is 254 g/mol. The molecule has 1 aromatic heterocycles. The number of carbonyl (C=O) groups is 2. The largest absolute Gasteiger partial charge is 0.480 e. The van der Waals surface area contributed by atoms with Crippen molar-refractivity contribution in [2.24, 2.45) is 0 Å². The van der Waals surface area contributed by atoms with Crippen molar-refractivity contribution in [1.82, 2.24) is 14.5 Å². The number of carboxylic acids is 1. The van der Waals surface area contributed by atoms with Gasteiger partial charge in [-0.2, -0.15) is 0 Å². The summed E-state index contributed by atoms with van der Waals surface area (Å²) in [5, 5.41) is 8.64. The van der Waals surface area contributed by atoms with Crippen LogP contribution < -0.4 is 11.2 Å². The minimum absolute atomic E-state index is 0.177. The predicted octanol–water partition coefficient (Wildman–Crippen LogP) is -1.92. The summed E-state index contributed by atoms with van der Waals surface area (Å²) in [5.41, 5.74) is -1.34. The Labute approximate surface area is 107 Å². The second kappa shape index (κ2) is 6.20. The van der Waals surface area contributed by atoms with Gasteiger partial charge in [0.1, 0.15) is 13.1 Å². The Kier molecular flexibility index (Phi) is 4.65. The van der Waals surface area contributed by atoms with Crippen molar-refractivity contribution in [3.63, 3.8) is 0 Å². The molecule has 0 fully saturated rings. The maximum absolute atomic E-state index is 11.8. The van der Waals surface area contributed by atoms with E-state index in [0.717, 1.165) is 21.7 Å². The van der Waals surface area contributed by atoms with Crippen LogP contribution in [0.1, 0.15) is 0 Å². The molecule has 0 aromatic carbocycles. The molecule has 0 aliphatic rings. The van der Waals surface area contributed by atoms with Gasteiger partial charge in [0.05, 0.1) is 6.54 Å². The van der Waals surface area contributed by atoms with E-state index in [0.29, 0.717) is 0 Å². The molecule has 0 aliphatic heterocycles. The third kappa shape index (κ3) is 4.16. The average molecular weight is 265 g/mol. The van der Waals surface area contributed by atoms with Crippen molar-refractivity contribution in [3.8, 4) is 12.3 Å². The Morgan fingerprint density at radius 2 is 2.16 bits per heavy atom. The molecule has 0 saturated carbocycles. The first-order valence-electron chi connectivity index (χ1n) is 5.17. The number of amides is 1. The fourth-order valence-electron chi connectivity index (χ4n) is 1.32. The van der Waals surface area contributed by atoms with Crippen molar-refractivity contribution in [1.29, 1.82) is 0 Å². The number of H-pyrrole nitrogens is 1. The van der Waals surface area contributed by atoms with E-state index < -0.39 is 36.2 Å². The highest BCUT2D eigenvalue weighted by Gasteiger charge is 2.16. The molecule has 1 heterocycles. The first-order valence-corrected chi connectivity index (χ1v) is 5.17. The first kappa shape index (κ1) is 14.2. The minimum atomic E-state index is -1.21. The lowest BCUT2D eigenvalue weighted by Gasteiger charge is -2.18. The van der Waals surface area contributed by atoms with Crippen molar-refractivity contribution < 1.29 is 14.7 Å². The number of terminal acetylenes is 1. The lowest BCUT2D eigenvalue weighted by atomic mass is 10.4. The van der Waals surface area contributed by atoms with Crippen molar-refractivity contribution >= 4 is 11.9 Å². The van der Waals surface area contributed by atoms with E-state index in [4.69, 9.17) is 11.5 Å². The van der Waals surface area contributed by atoms with E-state index >= 15 is 0 Å². The van der Waals surface area contributed by atoms with Gasteiger partial charge >= 0.3 is 11.7 Å². The molecular formula is C11H11N3O5. The lowest BCUT2D eigenvalue weighted by molar-refractivity contribution is -0.144. The number of carboxylic acid groups (broad SMARTS) is 1. The molecule has 1 amide bonds. The highest BCUT2D eigenvalue weighted by atomic mass is 16.4. The summed E-state index contributed by atoms with van der Waals surface area (Å²) in [7, 11) is 0. The highest BCUT2D eigenvalue weighted by molar-refractivity contribution is 5.81. The van der Waals surface area contributed by atoms with Crippen LogP contribution in [-0.2, 0) is 16.1 Å². The molecule has 0 spiro atoms. The van der Waals surface area contributed by atoms with E-state index in [1.807, 2.05) is 4.98 Å². The third-order valence-corrected chi connectivity index (χ3v) is 2.16. The fourth-order valence-corrected chi connectivity index (χ4v) is 1.32. The van der Waals surface area contributed by atoms with E-state index in [9.17, 15) is 19.2 Å². The maximum atomic E-state index is 11.8. The number of nitrogens with one attached hydrogen (secondary N) is 1. The Morgan fingerprint density at radius 1 is 1.47 bits per heavy atom. The molecule has 8 nitrogen and oxygen atoms in total. The van der Waals surface area contributed by atoms with Gasteiger partial charge in [-0.15, -0.1) is 6.42 Å². The predicted molar refractivity (Wildman–Crippen MR) is 64.4 cm³/mol. The summed E-state index contributed by atoms with van der Waals surface area (Å²) in [6, 6.07) is 1.08. The highest BCUT2D eigenvalue weighted by Crippen LogP contribution is 1.92. The van der Waals surface area contributed by atoms with Crippen LogP contribution in [0.3, 0.4) is 0 Å². The van der Waals surface area contributed by atoms with E-state index in [-0.39, 0.29) is 6.54 Å². The van der Waals surface area contributed by atoms with Crippen LogP contribution in [0.5, 0.6) is 0 Å². The molecule has 0 bridgehead atoms. The number of carbonyl (C=O) groups excluding carboxylic acids is 1. The summed E-state index contributed by atoms with van der Waals surface area (Å²) in [5.74, 6) is 0.319. The van der Waals surface area contributed by atoms with E-state index in [2.05, 4.69) is 5.92 Å². The monoisotopic (exact) mass is 265 g/mol. The second-order valence-electron chi connectivity index (χ2n) is 3.59. The van der Waals surface area contributed by atoms with Gasteiger partial charge in [0.15, 0.2) is 0 Å². The zero-order valence-electron chi connectivity index (χ0n) is 9.83. The Morgan fingerprint density at radius 3 is 2.68 bits per heavy atom. The topological polar surface area (TPSA) is 112 Å². The van der Waals surface area contributed by atoms with Crippen LogP contribution in [0, 0.1) is 12.3 Å². The van der Waals surface area contributed by atoms with Gasteiger partial charge in [0.25, 0.3) is 5.56 Å². The summed E-state index contributed by atoms with van der Waals surface area (Å²) < 4.78 is 0.953. The Hall–Kier alpha value is -2.82. The van der Waals surface area contributed by atoms with Crippen LogP contribution in [0.25, 0.3) is 0 Å². The molecule has 0 aliphatic carbocycles. The number of aliphatic carboxylic acids is 1. The third-order valence-electron chi connectivity index (χ3n) is 2.16. The van der Waals surface area contributed by atoms with Gasteiger partial charge in [-0.3, -0.25) is 23.9 Å². The van der Waals surface area contributed by atoms with Crippen LogP contribution in [-0.4, -0.2) is 44.5 Å². The summed E-state index contributed by atoms with van der Waals surface area (Å²) in [6.07, 6.45) is 6.18. The van der Waals surface area contributed by atoms with E-state index in [1.54, 1.807) is 0 Å². The zero-order chi connectivity index (χ0) is 14.4. The summed E-state index contributed by atoms with van der Waals surface area (Å²) >= 11 is 0. The molecule has 0 radical (unpaired) electrons. The number of aromatic amines is 1. The molecule has 1 rings (SSSR count). The maximum Gasteiger partial charge on any atom is 0.328 e. The number of nitrogens with zero attached hydrogens (tertiary/aromatic N) is 2. The van der Waals surface area contributed by atoms with Gasteiger partial charge in [0.2, 0.25) is 5.91 Å². The van der Waals surface area contributed by atoms with Crippen molar-refractivity contribution in [3.05, 3.63) is 33.1 Å². The number of hydrogen-bond acceptors (Lipinski definition) is 4. The Bertz CT molecular complexity index is 637. The molecule has 0 unspecified atom stereocenters. The van der Waals surface area contributed by atoms with Crippen molar-refractivity contribution in [2.45, 2.75) is 6.54 Å². The van der Waals surface area contributed by atoms with Gasteiger partial charge in [-0.25, -0.2) is 4.79 Å². The molecule has 2 N–H and O–H groups in total. The fraction of sp³-hybridized carbons (Fsp3) is 0.273. The second-order valence-corrected chi connectivity index (χ2v) is 3.59. The van der Waals surface area contributed by atoms with Gasteiger partial charge in [-0.05, 0) is 0 Å². The summed E-state index contributed by atoms with van der Waals surface area (Å²) in [4.78, 5) is 47.5. The molecule has 0 saturated heterocycles. The van der Waals surface area contributed by atoms with Gasteiger partial charge in [0, 0.05) is 12.3 Å². The summed E-state index contributed by atoms with van der Waals surface area (Å²) in [6.45, 7) is -1.13. The minimum Gasteiger partial charge on any atom is -0.480 e. The quantitative estimate of drug-likeness (QED) is 0.603. The van der Waals surface area contributed by atoms with E-state index in [1.165, 1.54) is 0 Å². The molecule has 8 heteroatoms. The number of hydrogen-bond donors (Lipinski definition) is 2. The average Bonchev–Trinajstić information content (AvgIpc) is 2.31. The first-order chi connectivity index (χ1) is 8.93. The van der Waals surface area contributed by atoms with Crippen LogP contribution >= 0.6 is 0 Å². The van der Waals surface area contributed by atoms with Crippen LogP contribution in [0.2, 0.25) is 0 Å². The van der Waals surface area contributed by atoms with Crippen LogP contribution in [0.4, 0.5) is 0 Å². The zero-order valence-corrected chi connectivity index (χ0v) is 9.83. The Balaban J connectivity index is 2.87.